The Morgan fingerprint density at radius 1 is 1.23 bits per heavy atom. The summed E-state index contributed by atoms with van der Waals surface area (Å²) in [7, 11) is 1.39. The number of nitrogens with one attached hydrogen (secondary N) is 1. The molecule has 0 saturated carbocycles. The number of nitrogens with zero attached hydrogens (tertiary/aromatic N) is 2. The number of carbonyl (C=O) groups is 1. The van der Waals surface area contributed by atoms with Crippen molar-refractivity contribution in [3.63, 3.8) is 0 Å². The van der Waals surface area contributed by atoms with Crippen molar-refractivity contribution in [3.8, 4) is 0 Å². The average molecular weight is 297 g/mol. The topological polar surface area (TPSA) is 64.1 Å². The third kappa shape index (κ3) is 3.14. The molecule has 2 unspecified atom stereocenters. The molecule has 1 aliphatic heterocycles. The average Bonchev–Trinajstić information content (AvgIpc) is 2.62. The molecular formula is C17H19N3O2. The van der Waals surface area contributed by atoms with Crippen molar-refractivity contribution in [1.82, 2.24) is 15.3 Å². The monoisotopic (exact) mass is 297 g/mol. The summed E-state index contributed by atoms with van der Waals surface area (Å²) >= 11 is 0. The van der Waals surface area contributed by atoms with E-state index in [-0.39, 0.29) is 12.0 Å². The molecule has 1 N–H and O–H groups in total. The van der Waals surface area contributed by atoms with Gasteiger partial charge in [0.1, 0.15) is 5.82 Å². The maximum atomic E-state index is 11.5. The van der Waals surface area contributed by atoms with E-state index in [0.29, 0.717) is 11.5 Å². The van der Waals surface area contributed by atoms with E-state index in [1.165, 1.54) is 12.7 Å². The largest absolute Gasteiger partial charge is 0.465 e. The van der Waals surface area contributed by atoms with Crippen LogP contribution in [-0.2, 0) is 4.74 Å². The van der Waals surface area contributed by atoms with Crippen molar-refractivity contribution in [2.24, 2.45) is 0 Å². The van der Waals surface area contributed by atoms with Crippen LogP contribution in [0.25, 0.3) is 0 Å². The van der Waals surface area contributed by atoms with E-state index < -0.39 is 0 Å². The Balaban J connectivity index is 1.73. The molecule has 1 aromatic heterocycles. The predicted molar refractivity (Wildman–Crippen MR) is 82.5 cm³/mol. The Kier molecular flexibility index (Phi) is 4.44. The standard InChI is InChI=1S/C17H19N3O2/c1-22-17(21)13-5-3-12(4-6-13)15-11-14(7-10-18-15)16-19-8-2-9-20-16/h2-6,8-9,14-15,18H,7,10-11H2,1H3. The highest BCUT2D eigenvalue weighted by atomic mass is 16.5. The Hall–Kier alpha value is -2.27. The molecule has 2 atom stereocenters. The van der Waals surface area contributed by atoms with Crippen LogP contribution in [0.3, 0.4) is 0 Å². The van der Waals surface area contributed by atoms with Gasteiger partial charge in [-0.15, -0.1) is 0 Å². The number of rotatable bonds is 3. The molecule has 0 radical (unpaired) electrons. The minimum Gasteiger partial charge on any atom is -0.465 e. The normalized spacial score (nSPS) is 21.3. The van der Waals surface area contributed by atoms with Gasteiger partial charge >= 0.3 is 5.97 Å². The summed E-state index contributed by atoms with van der Waals surface area (Å²) < 4.78 is 4.73. The lowest BCUT2D eigenvalue weighted by Gasteiger charge is -2.29. The van der Waals surface area contributed by atoms with E-state index in [9.17, 15) is 4.79 Å². The molecular weight excluding hydrogens is 278 g/mol. The van der Waals surface area contributed by atoms with Crippen LogP contribution in [-0.4, -0.2) is 29.6 Å². The SMILES string of the molecule is COC(=O)c1ccc(C2CC(c3ncccn3)CCN2)cc1. The number of piperidine rings is 1. The van der Waals surface area contributed by atoms with Crippen LogP contribution in [0.1, 0.15) is 46.5 Å². The number of ether oxygens (including phenoxy) is 1. The van der Waals surface area contributed by atoms with Gasteiger partial charge in [0.25, 0.3) is 0 Å². The van der Waals surface area contributed by atoms with Gasteiger partial charge in [0.15, 0.2) is 0 Å². The molecule has 1 saturated heterocycles. The van der Waals surface area contributed by atoms with Gasteiger partial charge in [-0.2, -0.15) is 0 Å². The maximum Gasteiger partial charge on any atom is 0.337 e. The summed E-state index contributed by atoms with van der Waals surface area (Å²) in [5.74, 6) is 0.978. The van der Waals surface area contributed by atoms with Crippen LogP contribution in [0.2, 0.25) is 0 Å². The molecule has 1 aromatic carbocycles. The maximum absolute atomic E-state index is 11.5. The highest BCUT2D eigenvalue weighted by Crippen LogP contribution is 2.32. The van der Waals surface area contributed by atoms with Crippen molar-refractivity contribution >= 4 is 5.97 Å². The fourth-order valence-electron chi connectivity index (χ4n) is 2.90. The Labute approximate surface area is 129 Å². The zero-order chi connectivity index (χ0) is 15.4. The second-order valence-corrected chi connectivity index (χ2v) is 5.45. The minimum atomic E-state index is -0.307. The van der Waals surface area contributed by atoms with E-state index in [0.717, 1.165) is 25.2 Å². The van der Waals surface area contributed by atoms with Crippen molar-refractivity contribution in [2.45, 2.75) is 24.8 Å². The minimum absolute atomic E-state index is 0.259. The van der Waals surface area contributed by atoms with Crippen LogP contribution in [0.5, 0.6) is 0 Å². The van der Waals surface area contributed by atoms with Crippen LogP contribution < -0.4 is 5.32 Å². The van der Waals surface area contributed by atoms with Crippen LogP contribution in [0.4, 0.5) is 0 Å². The third-order valence-corrected chi connectivity index (χ3v) is 4.09. The first-order valence-electron chi connectivity index (χ1n) is 7.46. The van der Waals surface area contributed by atoms with Gasteiger partial charge in [-0.1, -0.05) is 12.1 Å². The zero-order valence-corrected chi connectivity index (χ0v) is 12.5. The first-order valence-corrected chi connectivity index (χ1v) is 7.46. The number of aromatic nitrogens is 2. The lowest BCUT2D eigenvalue weighted by Crippen LogP contribution is -2.31. The molecule has 3 rings (SSSR count). The van der Waals surface area contributed by atoms with Crippen molar-refractivity contribution in [3.05, 3.63) is 59.7 Å². The number of methoxy groups -OCH3 is 1. The predicted octanol–water partition coefficient (Wildman–Crippen LogP) is 2.47. The number of hydrogen-bond acceptors (Lipinski definition) is 5. The van der Waals surface area contributed by atoms with Gasteiger partial charge in [-0.05, 0) is 43.1 Å². The summed E-state index contributed by atoms with van der Waals surface area (Å²) in [4.78, 5) is 20.2. The van der Waals surface area contributed by atoms with E-state index >= 15 is 0 Å². The third-order valence-electron chi connectivity index (χ3n) is 4.09. The summed E-state index contributed by atoms with van der Waals surface area (Å²) in [6.45, 7) is 0.937. The second kappa shape index (κ2) is 6.66. The van der Waals surface area contributed by atoms with Crippen molar-refractivity contribution < 1.29 is 9.53 Å². The van der Waals surface area contributed by atoms with Crippen LogP contribution >= 0.6 is 0 Å². The molecule has 0 spiro atoms. The molecule has 1 aliphatic rings. The smallest absolute Gasteiger partial charge is 0.337 e. The van der Waals surface area contributed by atoms with Gasteiger partial charge < -0.3 is 10.1 Å². The molecule has 1 fully saturated rings. The Bertz CT molecular complexity index is 628. The second-order valence-electron chi connectivity index (χ2n) is 5.45. The van der Waals surface area contributed by atoms with E-state index in [4.69, 9.17) is 4.74 Å². The fourth-order valence-corrected chi connectivity index (χ4v) is 2.90. The molecule has 2 heterocycles. The van der Waals surface area contributed by atoms with Gasteiger partial charge in [0, 0.05) is 24.4 Å². The molecule has 2 aromatic rings. The first-order chi connectivity index (χ1) is 10.8. The van der Waals surface area contributed by atoms with Crippen LogP contribution in [0, 0.1) is 0 Å². The number of hydrogen-bond donors (Lipinski definition) is 1. The van der Waals surface area contributed by atoms with Gasteiger partial charge in [-0.3, -0.25) is 0 Å². The number of esters is 1. The summed E-state index contributed by atoms with van der Waals surface area (Å²) in [6, 6.07) is 9.69. The van der Waals surface area contributed by atoms with E-state index in [2.05, 4.69) is 15.3 Å². The van der Waals surface area contributed by atoms with Gasteiger partial charge in [-0.25, -0.2) is 14.8 Å². The molecule has 5 nitrogen and oxygen atoms in total. The summed E-state index contributed by atoms with van der Waals surface area (Å²) in [5, 5.41) is 3.53. The molecule has 5 heteroatoms. The molecule has 0 aliphatic carbocycles. The summed E-state index contributed by atoms with van der Waals surface area (Å²) in [5.41, 5.74) is 1.75. The highest BCUT2D eigenvalue weighted by Gasteiger charge is 2.25. The summed E-state index contributed by atoms with van der Waals surface area (Å²) in [6.07, 6.45) is 5.59. The van der Waals surface area contributed by atoms with Gasteiger partial charge in [0.2, 0.25) is 0 Å². The molecule has 114 valence electrons. The van der Waals surface area contributed by atoms with Crippen molar-refractivity contribution in [1.29, 1.82) is 0 Å². The van der Waals surface area contributed by atoms with Crippen molar-refractivity contribution in [2.75, 3.05) is 13.7 Å². The number of benzene rings is 1. The van der Waals surface area contributed by atoms with Crippen LogP contribution in [0.15, 0.2) is 42.7 Å². The fraction of sp³-hybridized carbons (Fsp3) is 0.353. The van der Waals surface area contributed by atoms with Gasteiger partial charge in [0.05, 0.1) is 12.7 Å². The van der Waals surface area contributed by atoms with E-state index in [1.54, 1.807) is 12.4 Å². The molecule has 0 bridgehead atoms. The lowest BCUT2D eigenvalue weighted by molar-refractivity contribution is 0.0600. The van der Waals surface area contributed by atoms with E-state index in [1.807, 2.05) is 30.3 Å². The molecule has 0 amide bonds. The molecule has 22 heavy (non-hydrogen) atoms. The lowest BCUT2D eigenvalue weighted by atomic mass is 9.88. The first kappa shape index (κ1) is 14.7. The highest BCUT2D eigenvalue weighted by molar-refractivity contribution is 5.89. The zero-order valence-electron chi connectivity index (χ0n) is 12.5. The number of carbonyl (C=O) groups excluding carboxylic acids is 1. The Morgan fingerprint density at radius 2 is 1.95 bits per heavy atom. The Morgan fingerprint density at radius 3 is 2.64 bits per heavy atom. The quantitative estimate of drug-likeness (QED) is 0.882.